The molecule has 0 aliphatic rings. The molecule has 124 valence electrons. The van der Waals surface area contributed by atoms with Crippen LogP contribution in [0.25, 0.3) is 22.4 Å². The average Bonchev–Trinajstić information content (AvgIpc) is 2.96. The summed E-state index contributed by atoms with van der Waals surface area (Å²) in [5.74, 6) is 0.915. The van der Waals surface area contributed by atoms with Gasteiger partial charge < -0.3 is 10.3 Å². The second kappa shape index (κ2) is 6.87. The number of H-pyrrole nitrogens is 1. The number of amides is 1. The van der Waals surface area contributed by atoms with Gasteiger partial charge >= 0.3 is 0 Å². The van der Waals surface area contributed by atoms with Crippen LogP contribution in [0.2, 0.25) is 0 Å². The number of anilines is 1. The highest BCUT2D eigenvalue weighted by Gasteiger charge is 2.08. The minimum Gasteiger partial charge on any atom is -0.338 e. The summed E-state index contributed by atoms with van der Waals surface area (Å²) < 4.78 is 0. The number of nitrogens with one attached hydrogen (secondary N) is 2. The molecule has 2 aromatic carbocycles. The van der Waals surface area contributed by atoms with E-state index >= 15 is 0 Å². The first-order chi connectivity index (χ1) is 11.6. The van der Waals surface area contributed by atoms with E-state index in [4.69, 9.17) is 0 Å². The lowest BCUT2D eigenvalue weighted by Crippen LogP contribution is -2.10. The van der Waals surface area contributed by atoms with Gasteiger partial charge in [0, 0.05) is 17.7 Å². The third kappa shape index (κ3) is 3.48. The van der Waals surface area contributed by atoms with Crippen molar-refractivity contribution in [2.24, 2.45) is 0 Å². The monoisotopic (exact) mass is 321 g/mol. The van der Waals surface area contributed by atoms with Crippen LogP contribution in [0.5, 0.6) is 0 Å². The molecule has 0 saturated carbocycles. The minimum atomic E-state index is 0.0688. The molecule has 0 radical (unpaired) electrons. The molecule has 0 spiro atoms. The largest absolute Gasteiger partial charge is 0.338 e. The van der Waals surface area contributed by atoms with Crippen LogP contribution in [-0.2, 0) is 4.79 Å². The summed E-state index contributed by atoms with van der Waals surface area (Å²) in [7, 11) is 0. The lowest BCUT2D eigenvalue weighted by Gasteiger charge is -2.05. The van der Waals surface area contributed by atoms with Crippen molar-refractivity contribution in [3.63, 3.8) is 0 Å². The summed E-state index contributed by atoms with van der Waals surface area (Å²) in [6.07, 6.45) is 2.51. The molecule has 2 N–H and O–H groups in total. The number of aryl methyl sites for hydroxylation is 2. The third-order valence-corrected chi connectivity index (χ3v) is 4.30. The molecule has 3 aromatic rings. The van der Waals surface area contributed by atoms with Crippen molar-refractivity contribution in [3.8, 4) is 11.4 Å². The lowest BCUT2D eigenvalue weighted by molar-refractivity contribution is -0.116. The van der Waals surface area contributed by atoms with Gasteiger partial charge in [0.05, 0.1) is 11.0 Å². The van der Waals surface area contributed by atoms with Crippen LogP contribution in [0.1, 0.15) is 37.3 Å². The van der Waals surface area contributed by atoms with Gasteiger partial charge in [0.25, 0.3) is 0 Å². The van der Waals surface area contributed by atoms with Crippen LogP contribution in [0.15, 0.2) is 36.4 Å². The van der Waals surface area contributed by atoms with Crippen molar-refractivity contribution in [2.75, 3.05) is 5.32 Å². The van der Waals surface area contributed by atoms with Crippen molar-refractivity contribution < 1.29 is 4.79 Å². The van der Waals surface area contributed by atoms with E-state index in [2.05, 4.69) is 48.2 Å². The summed E-state index contributed by atoms with van der Waals surface area (Å²) in [5, 5.41) is 2.93. The van der Waals surface area contributed by atoms with Crippen LogP contribution < -0.4 is 5.32 Å². The number of nitrogens with zero attached hydrogens (tertiary/aromatic N) is 1. The first-order valence-corrected chi connectivity index (χ1v) is 8.44. The number of unbranched alkanes of at least 4 members (excludes halogenated alkanes) is 1. The molecule has 1 aromatic heterocycles. The van der Waals surface area contributed by atoms with E-state index in [-0.39, 0.29) is 5.91 Å². The Morgan fingerprint density at radius 2 is 1.83 bits per heavy atom. The number of carbonyl (C=O) groups is 1. The van der Waals surface area contributed by atoms with Crippen LogP contribution in [-0.4, -0.2) is 15.9 Å². The Hall–Kier alpha value is -2.62. The second-order valence-electron chi connectivity index (χ2n) is 6.27. The van der Waals surface area contributed by atoms with Gasteiger partial charge in [-0.15, -0.1) is 0 Å². The molecular formula is C20H23N3O. The fourth-order valence-electron chi connectivity index (χ4n) is 2.68. The Morgan fingerprint density at radius 1 is 1.12 bits per heavy atom. The zero-order valence-corrected chi connectivity index (χ0v) is 14.4. The Morgan fingerprint density at radius 3 is 2.54 bits per heavy atom. The number of hydrogen-bond acceptors (Lipinski definition) is 2. The summed E-state index contributed by atoms with van der Waals surface area (Å²) in [6, 6.07) is 12.0. The normalized spacial score (nSPS) is 11.0. The number of imidazole rings is 1. The second-order valence-corrected chi connectivity index (χ2v) is 6.27. The predicted octanol–water partition coefficient (Wildman–Crippen LogP) is 4.98. The van der Waals surface area contributed by atoms with E-state index in [9.17, 15) is 4.79 Å². The Labute approximate surface area is 142 Å². The van der Waals surface area contributed by atoms with Crippen molar-refractivity contribution in [1.82, 2.24) is 9.97 Å². The molecule has 1 heterocycles. The molecule has 0 unspecified atom stereocenters. The van der Waals surface area contributed by atoms with Crippen molar-refractivity contribution in [1.29, 1.82) is 0 Å². The fourth-order valence-corrected chi connectivity index (χ4v) is 2.68. The van der Waals surface area contributed by atoms with Crippen molar-refractivity contribution in [2.45, 2.75) is 40.0 Å². The van der Waals surface area contributed by atoms with Gasteiger partial charge in [-0.2, -0.15) is 0 Å². The predicted molar refractivity (Wildman–Crippen MR) is 99.2 cm³/mol. The highest BCUT2D eigenvalue weighted by Crippen LogP contribution is 2.24. The molecule has 0 saturated heterocycles. The summed E-state index contributed by atoms with van der Waals surface area (Å²) in [4.78, 5) is 19.8. The molecule has 1 amide bonds. The zero-order chi connectivity index (χ0) is 17.1. The van der Waals surface area contributed by atoms with Gasteiger partial charge in [0.15, 0.2) is 0 Å². The van der Waals surface area contributed by atoms with Crippen molar-refractivity contribution >= 4 is 22.6 Å². The van der Waals surface area contributed by atoms with Gasteiger partial charge in [0.1, 0.15) is 5.82 Å². The Kier molecular flexibility index (Phi) is 4.65. The smallest absolute Gasteiger partial charge is 0.224 e. The maximum Gasteiger partial charge on any atom is 0.224 e. The highest BCUT2D eigenvalue weighted by molar-refractivity contribution is 5.91. The number of carbonyl (C=O) groups excluding carboxylic acids is 1. The molecule has 4 heteroatoms. The number of benzene rings is 2. The topological polar surface area (TPSA) is 57.8 Å². The van der Waals surface area contributed by atoms with E-state index in [0.29, 0.717) is 6.42 Å². The van der Waals surface area contributed by atoms with E-state index < -0.39 is 0 Å². The minimum absolute atomic E-state index is 0.0688. The van der Waals surface area contributed by atoms with Gasteiger partial charge in [-0.25, -0.2) is 4.98 Å². The van der Waals surface area contributed by atoms with E-state index in [1.54, 1.807) is 0 Å². The van der Waals surface area contributed by atoms with Crippen LogP contribution in [0.4, 0.5) is 5.69 Å². The number of aromatic nitrogens is 2. The summed E-state index contributed by atoms with van der Waals surface area (Å²) in [5.41, 5.74) is 6.35. The maximum atomic E-state index is 11.8. The van der Waals surface area contributed by atoms with Crippen LogP contribution in [0.3, 0.4) is 0 Å². The summed E-state index contributed by atoms with van der Waals surface area (Å²) >= 11 is 0. The standard InChI is InChI=1S/C20H23N3O/c1-4-5-6-19(24)21-16-9-7-15(8-10-16)20-22-17-11-13(2)14(3)12-18(17)23-20/h7-12H,4-6H2,1-3H3,(H,21,24)(H,22,23). The van der Waals surface area contributed by atoms with Crippen LogP contribution >= 0.6 is 0 Å². The van der Waals surface area contributed by atoms with E-state index in [1.165, 1.54) is 11.1 Å². The van der Waals surface area contributed by atoms with Crippen LogP contribution in [0, 0.1) is 13.8 Å². The molecule has 4 nitrogen and oxygen atoms in total. The van der Waals surface area contributed by atoms with Gasteiger partial charge in [-0.3, -0.25) is 4.79 Å². The Bertz CT molecular complexity index is 823. The number of fused-ring (bicyclic) bond motifs is 1. The number of rotatable bonds is 5. The fraction of sp³-hybridized carbons (Fsp3) is 0.300. The number of aromatic amines is 1. The molecule has 3 rings (SSSR count). The zero-order valence-electron chi connectivity index (χ0n) is 14.4. The first kappa shape index (κ1) is 16.2. The third-order valence-electron chi connectivity index (χ3n) is 4.30. The molecule has 24 heavy (non-hydrogen) atoms. The molecule has 0 aliphatic heterocycles. The van der Waals surface area contributed by atoms with Gasteiger partial charge in [-0.1, -0.05) is 13.3 Å². The van der Waals surface area contributed by atoms with E-state index in [1.807, 2.05) is 24.3 Å². The highest BCUT2D eigenvalue weighted by atomic mass is 16.1. The SMILES string of the molecule is CCCCC(=O)Nc1ccc(-c2nc3cc(C)c(C)cc3[nH]2)cc1. The lowest BCUT2D eigenvalue weighted by atomic mass is 10.1. The van der Waals surface area contributed by atoms with E-state index in [0.717, 1.165) is 41.0 Å². The molecule has 0 fully saturated rings. The maximum absolute atomic E-state index is 11.8. The number of hydrogen-bond donors (Lipinski definition) is 2. The van der Waals surface area contributed by atoms with Gasteiger partial charge in [-0.05, 0) is 67.8 Å². The van der Waals surface area contributed by atoms with Gasteiger partial charge in [0.2, 0.25) is 5.91 Å². The quantitative estimate of drug-likeness (QED) is 0.696. The first-order valence-electron chi connectivity index (χ1n) is 8.44. The Balaban J connectivity index is 1.79. The molecule has 0 bridgehead atoms. The molecular weight excluding hydrogens is 298 g/mol. The summed E-state index contributed by atoms with van der Waals surface area (Å²) in [6.45, 7) is 6.28. The molecule has 0 aliphatic carbocycles. The average molecular weight is 321 g/mol. The molecule has 0 atom stereocenters. The van der Waals surface area contributed by atoms with Crippen molar-refractivity contribution in [3.05, 3.63) is 47.5 Å².